The fourth-order valence-electron chi connectivity index (χ4n) is 2.34. The van der Waals surface area contributed by atoms with Gasteiger partial charge in [0.15, 0.2) is 4.77 Å². The van der Waals surface area contributed by atoms with Gasteiger partial charge < -0.3 is 19.0 Å². The Morgan fingerprint density at radius 3 is 2.70 bits per heavy atom. The zero-order chi connectivity index (χ0) is 14.7. The number of para-hydroxylation sites is 1. The average Bonchev–Trinajstić information content (AvgIpc) is 2.67. The number of fused-ring (bicyclic) bond motifs is 1. The Balaban J connectivity index is 2.41. The lowest BCUT2D eigenvalue weighted by Crippen LogP contribution is -2.12. The van der Waals surface area contributed by atoms with Gasteiger partial charge in [-0.3, -0.25) is 0 Å². The smallest absolute Gasteiger partial charge is 0.178 e. The third-order valence-corrected chi connectivity index (χ3v) is 3.40. The van der Waals surface area contributed by atoms with Gasteiger partial charge in [0.25, 0.3) is 0 Å². The van der Waals surface area contributed by atoms with Gasteiger partial charge in [0.2, 0.25) is 0 Å². The van der Waals surface area contributed by atoms with Gasteiger partial charge in [0, 0.05) is 13.7 Å². The fourth-order valence-corrected chi connectivity index (χ4v) is 2.61. The second-order valence-electron chi connectivity index (χ2n) is 5.42. The SMILES string of the molecule is COCC(C)Cn1c(=S)[nH]c2c(OC(C)C)cccc21. The van der Waals surface area contributed by atoms with E-state index in [9.17, 15) is 0 Å². The number of H-pyrrole nitrogens is 1. The molecule has 1 heterocycles. The second-order valence-corrected chi connectivity index (χ2v) is 5.80. The largest absolute Gasteiger partial charge is 0.489 e. The molecule has 0 aliphatic rings. The summed E-state index contributed by atoms with van der Waals surface area (Å²) in [5, 5.41) is 0. The zero-order valence-electron chi connectivity index (χ0n) is 12.5. The maximum atomic E-state index is 5.83. The van der Waals surface area contributed by atoms with Crippen molar-refractivity contribution in [1.29, 1.82) is 0 Å². The molecule has 0 spiro atoms. The lowest BCUT2D eigenvalue weighted by atomic mass is 10.2. The van der Waals surface area contributed by atoms with Crippen molar-refractivity contribution in [3.63, 3.8) is 0 Å². The van der Waals surface area contributed by atoms with Crippen LogP contribution in [0, 0.1) is 10.7 Å². The summed E-state index contributed by atoms with van der Waals surface area (Å²) in [5.74, 6) is 1.25. The van der Waals surface area contributed by atoms with Crippen molar-refractivity contribution in [3.05, 3.63) is 23.0 Å². The van der Waals surface area contributed by atoms with Crippen molar-refractivity contribution < 1.29 is 9.47 Å². The van der Waals surface area contributed by atoms with E-state index < -0.39 is 0 Å². The average molecular weight is 294 g/mol. The first-order valence-corrected chi connectivity index (χ1v) is 7.31. The molecule has 2 aromatic rings. The molecule has 0 radical (unpaired) electrons. The molecule has 0 aliphatic heterocycles. The molecule has 4 nitrogen and oxygen atoms in total. The normalized spacial score (nSPS) is 13.1. The Bertz CT molecular complexity index is 630. The predicted octanol–water partition coefficient (Wildman–Crippen LogP) is 3.77. The molecule has 0 bridgehead atoms. The summed E-state index contributed by atoms with van der Waals surface area (Å²) in [7, 11) is 1.72. The maximum absolute atomic E-state index is 5.83. The van der Waals surface area contributed by atoms with Crippen LogP contribution in [-0.2, 0) is 11.3 Å². The molecule has 1 aromatic carbocycles. The number of benzene rings is 1. The standard InChI is InChI=1S/C15H22N2O2S/c1-10(2)19-13-7-5-6-12-14(13)16-15(20)17(12)8-11(3)9-18-4/h5-7,10-11H,8-9H2,1-4H3,(H,16,20). The number of ether oxygens (including phenoxy) is 2. The maximum Gasteiger partial charge on any atom is 0.178 e. The quantitative estimate of drug-likeness (QED) is 0.824. The summed E-state index contributed by atoms with van der Waals surface area (Å²) in [5.41, 5.74) is 2.05. The highest BCUT2D eigenvalue weighted by Gasteiger charge is 2.12. The van der Waals surface area contributed by atoms with E-state index in [0.29, 0.717) is 5.92 Å². The third kappa shape index (κ3) is 3.22. The first-order chi connectivity index (χ1) is 9.52. The van der Waals surface area contributed by atoms with Crippen molar-refractivity contribution in [1.82, 2.24) is 9.55 Å². The van der Waals surface area contributed by atoms with E-state index in [1.807, 2.05) is 26.0 Å². The zero-order valence-corrected chi connectivity index (χ0v) is 13.3. The van der Waals surface area contributed by atoms with Gasteiger partial charge >= 0.3 is 0 Å². The highest BCUT2D eigenvalue weighted by Crippen LogP contribution is 2.26. The number of aromatic amines is 1. The minimum atomic E-state index is 0.137. The van der Waals surface area contributed by atoms with E-state index in [1.165, 1.54) is 0 Å². The molecule has 0 saturated carbocycles. The number of rotatable bonds is 6. The Morgan fingerprint density at radius 1 is 1.30 bits per heavy atom. The van der Waals surface area contributed by atoms with Crippen molar-refractivity contribution in [2.45, 2.75) is 33.4 Å². The van der Waals surface area contributed by atoms with E-state index in [4.69, 9.17) is 21.7 Å². The number of nitrogens with one attached hydrogen (secondary N) is 1. The predicted molar refractivity (Wildman–Crippen MR) is 83.9 cm³/mol. The summed E-state index contributed by atoms with van der Waals surface area (Å²) >= 11 is 5.44. The molecule has 0 aliphatic carbocycles. The summed E-state index contributed by atoms with van der Waals surface area (Å²) in [4.78, 5) is 3.26. The monoisotopic (exact) mass is 294 g/mol. The van der Waals surface area contributed by atoms with Crippen LogP contribution in [0.25, 0.3) is 11.0 Å². The summed E-state index contributed by atoms with van der Waals surface area (Å²) in [6.45, 7) is 7.74. The first-order valence-electron chi connectivity index (χ1n) is 6.90. The Morgan fingerprint density at radius 2 is 2.05 bits per heavy atom. The van der Waals surface area contributed by atoms with Crippen LogP contribution in [0.3, 0.4) is 0 Å². The molecule has 1 atom stereocenters. The van der Waals surface area contributed by atoms with Crippen molar-refractivity contribution >= 4 is 23.3 Å². The van der Waals surface area contributed by atoms with Gasteiger partial charge in [-0.25, -0.2) is 0 Å². The second kappa shape index (κ2) is 6.41. The molecular formula is C15H22N2O2S. The van der Waals surface area contributed by atoms with E-state index in [-0.39, 0.29) is 6.10 Å². The summed E-state index contributed by atoms with van der Waals surface area (Å²) < 4.78 is 13.9. The fraction of sp³-hybridized carbons (Fsp3) is 0.533. The van der Waals surface area contributed by atoms with Crippen molar-refractivity contribution in [2.24, 2.45) is 5.92 Å². The molecule has 20 heavy (non-hydrogen) atoms. The third-order valence-electron chi connectivity index (χ3n) is 3.08. The van der Waals surface area contributed by atoms with Crippen LogP contribution in [0.5, 0.6) is 5.75 Å². The van der Waals surface area contributed by atoms with Crippen molar-refractivity contribution in [3.8, 4) is 5.75 Å². The number of methoxy groups -OCH3 is 1. The van der Waals surface area contributed by atoms with E-state index in [1.54, 1.807) is 7.11 Å². The molecule has 2 rings (SSSR count). The Labute approximate surface area is 124 Å². The number of hydrogen-bond donors (Lipinski definition) is 1. The molecule has 0 fully saturated rings. The molecular weight excluding hydrogens is 272 g/mol. The number of imidazole rings is 1. The first kappa shape index (κ1) is 15.1. The lowest BCUT2D eigenvalue weighted by molar-refractivity contribution is 0.152. The minimum Gasteiger partial charge on any atom is -0.489 e. The highest BCUT2D eigenvalue weighted by atomic mass is 32.1. The number of nitrogens with zero attached hydrogens (tertiary/aromatic N) is 1. The molecule has 1 N–H and O–H groups in total. The number of aromatic nitrogens is 2. The Hall–Kier alpha value is -1.33. The minimum absolute atomic E-state index is 0.137. The van der Waals surface area contributed by atoms with Crippen LogP contribution in [0.2, 0.25) is 0 Å². The van der Waals surface area contributed by atoms with Gasteiger partial charge in [-0.1, -0.05) is 13.0 Å². The molecule has 0 amide bonds. The molecule has 1 aromatic heterocycles. The van der Waals surface area contributed by atoms with Crippen LogP contribution in [0.4, 0.5) is 0 Å². The molecule has 110 valence electrons. The molecule has 1 unspecified atom stereocenters. The topological polar surface area (TPSA) is 39.2 Å². The van der Waals surface area contributed by atoms with Crippen LogP contribution in [0.1, 0.15) is 20.8 Å². The van der Waals surface area contributed by atoms with Crippen LogP contribution in [0.15, 0.2) is 18.2 Å². The van der Waals surface area contributed by atoms with Gasteiger partial charge in [-0.2, -0.15) is 0 Å². The van der Waals surface area contributed by atoms with Crippen molar-refractivity contribution in [2.75, 3.05) is 13.7 Å². The van der Waals surface area contributed by atoms with Crippen LogP contribution < -0.4 is 4.74 Å². The Kier molecular flexibility index (Phi) is 4.83. The van der Waals surface area contributed by atoms with Gasteiger partial charge in [0.1, 0.15) is 11.3 Å². The van der Waals surface area contributed by atoms with Gasteiger partial charge in [0.05, 0.1) is 18.2 Å². The lowest BCUT2D eigenvalue weighted by Gasteiger charge is -2.13. The summed E-state index contributed by atoms with van der Waals surface area (Å²) in [6.07, 6.45) is 0.137. The van der Waals surface area contributed by atoms with Crippen LogP contribution in [-0.4, -0.2) is 29.4 Å². The molecule has 5 heteroatoms. The summed E-state index contributed by atoms with van der Waals surface area (Å²) in [6, 6.07) is 6.03. The van der Waals surface area contributed by atoms with E-state index >= 15 is 0 Å². The van der Waals surface area contributed by atoms with Gasteiger partial charge in [-0.05, 0) is 44.1 Å². The molecule has 0 saturated heterocycles. The van der Waals surface area contributed by atoms with E-state index in [0.717, 1.165) is 34.7 Å². The van der Waals surface area contributed by atoms with Crippen LogP contribution >= 0.6 is 12.2 Å². The van der Waals surface area contributed by atoms with E-state index in [2.05, 4.69) is 22.5 Å². The highest BCUT2D eigenvalue weighted by molar-refractivity contribution is 7.71. The van der Waals surface area contributed by atoms with Gasteiger partial charge in [-0.15, -0.1) is 0 Å². The number of hydrogen-bond acceptors (Lipinski definition) is 3.